The second-order valence-electron chi connectivity index (χ2n) is 0.305. The Morgan fingerprint density at radius 3 is 2.00 bits per heavy atom. The van der Waals surface area contributed by atoms with Crippen LogP contribution in [0.2, 0.25) is 0 Å². The highest BCUT2D eigenvalue weighted by Gasteiger charge is 1.90. The van der Waals surface area contributed by atoms with Crippen LogP contribution in [0, 0.1) is 0 Å². The van der Waals surface area contributed by atoms with Gasteiger partial charge in [0.1, 0.15) is 0 Å². The van der Waals surface area contributed by atoms with Crippen molar-refractivity contribution in [2.24, 2.45) is 0 Å². The summed E-state index contributed by atoms with van der Waals surface area (Å²) in [7, 11) is -3.04. The summed E-state index contributed by atoms with van der Waals surface area (Å²) in [6, 6.07) is 0. The Balaban J connectivity index is -0.0000000267. The van der Waals surface area contributed by atoms with Crippen molar-refractivity contribution in [3.63, 3.8) is 0 Å². The van der Waals surface area contributed by atoms with Crippen LogP contribution in [0.5, 0.6) is 0 Å². The number of hydrogen-bond acceptors (Lipinski definition) is 4. The normalized spacial score (nSPS) is 8.00. The maximum Gasteiger partial charge on any atom is 0.521 e. The molecule has 0 aliphatic rings. The molecule has 6 heteroatoms. The molecular formula is CH9O5P. The predicted molar refractivity (Wildman–Crippen MR) is 23.8 cm³/mol. The van der Waals surface area contributed by atoms with Gasteiger partial charge in [0.15, 0.2) is 0 Å². The van der Waals surface area contributed by atoms with Gasteiger partial charge in [0.05, 0.1) is 0 Å². The molecule has 0 amide bonds. The largest absolute Gasteiger partial charge is 0.565 e. The van der Waals surface area contributed by atoms with E-state index < -0.39 is 8.25 Å². The van der Waals surface area contributed by atoms with Gasteiger partial charge in [0, 0.05) is 6.10 Å². The van der Waals surface area contributed by atoms with Gasteiger partial charge in [0.25, 0.3) is 0 Å². The monoisotopic (exact) mass is 132 g/mol. The van der Waals surface area contributed by atoms with E-state index in [4.69, 9.17) is 14.7 Å². The lowest BCUT2D eigenvalue weighted by atomic mass is 12.0. The zero-order valence-corrected chi connectivity index (χ0v) is 3.51. The summed E-state index contributed by atoms with van der Waals surface area (Å²) in [5, 5.41) is 7.05. The van der Waals surface area contributed by atoms with Gasteiger partial charge < -0.3 is 10.4 Å². The lowest BCUT2D eigenvalue weighted by molar-refractivity contribution is -0.244. The van der Waals surface area contributed by atoms with Crippen LogP contribution < -0.4 is 4.89 Å². The molecule has 7 heavy (non-hydrogen) atoms. The molecule has 0 aliphatic heterocycles. The Labute approximate surface area is 43.2 Å². The van der Waals surface area contributed by atoms with Crippen molar-refractivity contribution in [1.29, 1.82) is 0 Å². The van der Waals surface area contributed by atoms with Gasteiger partial charge in [-0.1, -0.05) is 7.43 Å². The van der Waals surface area contributed by atoms with Gasteiger partial charge in [-0.25, -0.2) is 5.26 Å². The molecule has 3 N–H and O–H groups in total. The summed E-state index contributed by atoms with van der Waals surface area (Å²) in [4.78, 5) is 8.93. The van der Waals surface area contributed by atoms with Crippen LogP contribution in [0.1, 0.15) is 8.85 Å². The third-order valence-electron chi connectivity index (χ3n) is 0.0667. The van der Waals surface area contributed by atoms with Crippen LogP contribution in [0.15, 0.2) is 0 Å². The summed E-state index contributed by atoms with van der Waals surface area (Å²) in [6.07, 6.45) is 0. The van der Waals surface area contributed by atoms with E-state index in [9.17, 15) is 0 Å². The van der Waals surface area contributed by atoms with E-state index in [0.717, 1.165) is 0 Å². The quantitative estimate of drug-likeness (QED) is 0.296. The average Bonchev–Trinajstić information content (AvgIpc) is 1.38. The highest BCUT2D eigenvalue weighted by molar-refractivity contribution is 7.30. The van der Waals surface area contributed by atoms with Gasteiger partial charge in [0.2, 0.25) is 0 Å². The van der Waals surface area contributed by atoms with E-state index in [2.05, 4.69) is 4.67 Å². The van der Waals surface area contributed by atoms with Crippen molar-refractivity contribution < 1.29 is 26.3 Å². The summed E-state index contributed by atoms with van der Waals surface area (Å²) in [5.41, 5.74) is 0. The molecular weight excluding hydrogens is 123 g/mol. The standard InChI is InChI=1S/CH4.HO4P.H2O.H2/c;1-4-5(2)3;;/h1H4;1H;1H2;1H. The molecule has 0 saturated carbocycles. The fourth-order valence-corrected chi connectivity index (χ4v) is 0. The van der Waals surface area contributed by atoms with Gasteiger partial charge in [-0.15, -0.1) is 0 Å². The minimum absolute atomic E-state index is 0. The van der Waals surface area contributed by atoms with Crippen molar-refractivity contribution >= 4 is 8.25 Å². The molecule has 0 spiro atoms. The van der Waals surface area contributed by atoms with Crippen LogP contribution in [0.3, 0.4) is 0 Å². The maximum absolute atomic E-state index is 8.93. The number of rotatable bonds is 1. The molecule has 0 aromatic carbocycles. The molecule has 0 radical (unpaired) electrons. The summed E-state index contributed by atoms with van der Waals surface area (Å²) >= 11 is 0. The van der Waals surface area contributed by atoms with E-state index in [0.29, 0.717) is 0 Å². The Morgan fingerprint density at radius 2 is 2.00 bits per heavy atom. The summed E-state index contributed by atoms with van der Waals surface area (Å²) < 4.78 is 11.6. The van der Waals surface area contributed by atoms with Crippen LogP contribution in [0.25, 0.3) is 0 Å². The number of hydrogen-bond donors (Lipinski definition) is 1. The van der Waals surface area contributed by atoms with Crippen molar-refractivity contribution in [3.05, 3.63) is 0 Å². The molecule has 0 bridgehead atoms. The van der Waals surface area contributed by atoms with Gasteiger partial charge >= 0.3 is 8.25 Å². The fourth-order valence-electron chi connectivity index (χ4n) is 0. The molecule has 0 rings (SSSR count). The van der Waals surface area contributed by atoms with Gasteiger partial charge in [-0.3, -0.25) is 0 Å². The molecule has 0 aromatic rings. The van der Waals surface area contributed by atoms with Crippen LogP contribution in [0.4, 0.5) is 0 Å². The highest BCUT2D eigenvalue weighted by atomic mass is 31.1. The smallest absolute Gasteiger partial charge is 0.521 e. The Bertz CT molecular complexity index is 47.7. The minimum atomic E-state index is -3.04. The zero-order valence-electron chi connectivity index (χ0n) is 2.62. The molecule has 0 aliphatic carbocycles. The molecule has 0 aromatic heterocycles. The van der Waals surface area contributed by atoms with E-state index >= 15 is 0 Å². The average molecular weight is 132 g/mol. The second kappa shape index (κ2) is 9.34. The summed E-state index contributed by atoms with van der Waals surface area (Å²) in [6.45, 7) is 0. The van der Waals surface area contributed by atoms with E-state index in [1.807, 2.05) is 0 Å². The first kappa shape index (κ1) is 15.8. The minimum Gasteiger partial charge on any atom is -0.565 e. The lowest BCUT2D eigenvalue weighted by Gasteiger charge is -1.67. The molecule has 0 fully saturated rings. The van der Waals surface area contributed by atoms with Gasteiger partial charge in [-0.2, -0.15) is 0 Å². The molecule has 5 nitrogen and oxygen atoms in total. The first-order chi connectivity index (χ1) is 2.27. The van der Waals surface area contributed by atoms with E-state index in [1.165, 1.54) is 0 Å². The highest BCUT2D eigenvalue weighted by Crippen LogP contribution is 2.02. The van der Waals surface area contributed by atoms with E-state index in [-0.39, 0.29) is 14.3 Å². The maximum atomic E-state index is 8.93. The second-order valence-corrected chi connectivity index (χ2v) is 0.916. The lowest BCUT2D eigenvalue weighted by Crippen LogP contribution is -1.84. The Morgan fingerprint density at radius 1 is 1.86 bits per heavy atom. The first-order valence-electron chi connectivity index (χ1n) is 0.730. The third-order valence-corrected chi connectivity index (χ3v) is 0.200. The SMILES string of the molecule is C.O.O=[P+]([O-])OO.[HH]. The topological polar surface area (TPSA) is 101 Å². The Kier molecular flexibility index (Phi) is 21.0. The van der Waals surface area contributed by atoms with Crippen LogP contribution >= 0.6 is 8.25 Å². The third kappa shape index (κ3) is 24.5. The van der Waals surface area contributed by atoms with E-state index in [1.54, 1.807) is 0 Å². The van der Waals surface area contributed by atoms with Crippen molar-refractivity contribution in [1.82, 2.24) is 0 Å². The predicted octanol–water partition coefficient (Wildman–Crippen LogP) is -0.449. The fraction of sp³-hybridized carbons (Fsp3) is 1.00. The Hall–Kier alpha value is -0.0600. The van der Waals surface area contributed by atoms with Crippen molar-refractivity contribution in [3.8, 4) is 0 Å². The first-order valence-corrected chi connectivity index (χ1v) is 1.83. The zero-order chi connectivity index (χ0) is 4.28. The molecule has 0 saturated heterocycles. The van der Waals surface area contributed by atoms with Crippen LogP contribution in [-0.2, 0) is 9.24 Å². The summed E-state index contributed by atoms with van der Waals surface area (Å²) in [5.74, 6) is 0. The molecule has 1 unspecified atom stereocenters. The molecule has 48 valence electrons. The molecule has 0 heterocycles. The van der Waals surface area contributed by atoms with Crippen molar-refractivity contribution in [2.75, 3.05) is 0 Å². The van der Waals surface area contributed by atoms with Gasteiger partial charge in [-0.05, 0) is 4.57 Å². The van der Waals surface area contributed by atoms with Crippen molar-refractivity contribution in [2.45, 2.75) is 7.43 Å². The molecule has 1 atom stereocenters. The van der Waals surface area contributed by atoms with Crippen LogP contribution in [-0.4, -0.2) is 10.7 Å².